The third-order valence-corrected chi connectivity index (χ3v) is 5.45. The number of rotatable bonds is 6. The molecule has 1 aliphatic heterocycles. The summed E-state index contributed by atoms with van der Waals surface area (Å²) in [5, 5.41) is 9.37. The molecule has 31 heavy (non-hydrogen) atoms. The molecule has 1 saturated heterocycles. The van der Waals surface area contributed by atoms with E-state index in [9.17, 15) is 19.1 Å². The van der Waals surface area contributed by atoms with Gasteiger partial charge in [-0.25, -0.2) is 14.0 Å². The summed E-state index contributed by atoms with van der Waals surface area (Å²) in [6.07, 6.45) is 0.693. The average Bonchev–Trinajstić information content (AvgIpc) is 3.47. The molecule has 3 rings (SSSR count). The van der Waals surface area contributed by atoms with Gasteiger partial charge in [-0.2, -0.15) is 0 Å². The van der Waals surface area contributed by atoms with Crippen molar-refractivity contribution in [3.8, 4) is 5.75 Å². The van der Waals surface area contributed by atoms with Gasteiger partial charge in [-0.3, -0.25) is 9.69 Å². The minimum Gasteiger partial charge on any atom is -0.503 e. The summed E-state index contributed by atoms with van der Waals surface area (Å²) in [7, 11) is 0. The van der Waals surface area contributed by atoms with Crippen LogP contribution in [0, 0.1) is 17.8 Å². The summed E-state index contributed by atoms with van der Waals surface area (Å²) in [6, 6.07) is 2.43. The van der Waals surface area contributed by atoms with Crippen molar-refractivity contribution in [2.75, 3.05) is 32.8 Å². The Labute approximate surface area is 181 Å². The number of carboxylic acids is 1. The highest BCUT2D eigenvalue weighted by Crippen LogP contribution is 2.47. The number of hydrogen-bond donors (Lipinski definition) is 1. The fourth-order valence-corrected chi connectivity index (χ4v) is 3.44. The molecular weight excluding hydrogens is 405 g/mol. The summed E-state index contributed by atoms with van der Waals surface area (Å²) in [4.78, 5) is 30.7. The maximum absolute atomic E-state index is 14.1. The summed E-state index contributed by atoms with van der Waals surface area (Å²) in [6.45, 7) is 15.2. The van der Waals surface area contributed by atoms with Crippen molar-refractivity contribution in [2.24, 2.45) is 5.41 Å². The van der Waals surface area contributed by atoms with Gasteiger partial charge in [0.1, 0.15) is 29.2 Å². The lowest BCUT2D eigenvalue weighted by Crippen LogP contribution is -2.49. The van der Waals surface area contributed by atoms with Crippen LogP contribution in [0.2, 0.25) is 0 Å². The smallest absolute Gasteiger partial charge is 0.410 e. The first-order chi connectivity index (χ1) is 14.5. The first-order valence-electron chi connectivity index (χ1n) is 10.3. The van der Waals surface area contributed by atoms with Crippen molar-refractivity contribution in [3.05, 3.63) is 34.9 Å². The van der Waals surface area contributed by atoms with Gasteiger partial charge < -0.3 is 19.5 Å². The normalized spacial score (nSPS) is 18.2. The fraction of sp³-hybridized carbons (Fsp3) is 0.591. The number of hydrogen-bond acceptors (Lipinski definition) is 5. The van der Waals surface area contributed by atoms with Crippen LogP contribution < -0.4 is 4.74 Å². The number of piperazine rings is 1. The predicted octanol–water partition coefficient (Wildman–Crippen LogP) is 3.67. The third kappa shape index (κ3) is 5.64. The highest BCUT2D eigenvalue weighted by atomic mass is 19.1. The molecule has 1 saturated carbocycles. The van der Waals surface area contributed by atoms with Crippen LogP contribution in [0.1, 0.15) is 39.2 Å². The molecule has 1 aromatic rings. The summed E-state index contributed by atoms with van der Waals surface area (Å²) in [5.41, 5.74) is -0.946. The number of amides is 1. The summed E-state index contributed by atoms with van der Waals surface area (Å²) in [5.74, 6) is -1.22. The lowest BCUT2D eigenvalue weighted by Gasteiger charge is -2.35. The van der Waals surface area contributed by atoms with Gasteiger partial charge in [-0.15, -0.1) is 0 Å². The van der Waals surface area contributed by atoms with Crippen molar-refractivity contribution < 1.29 is 28.6 Å². The molecule has 0 unspecified atom stereocenters. The Kier molecular flexibility index (Phi) is 6.41. The van der Waals surface area contributed by atoms with E-state index in [1.807, 2.05) is 25.7 Å². The van der Waals surface area contributed by atoms with Crippen LogP contribution in [0.15, 0.2) is 12.1 Å². The Hall–Kier alpha value is -2.86. The maximum atomic E-state index is 14.1. The Balaban J connectivity index is 1.67. The summed E-state index contributed by atoms with van der Waals surface area (Å²) < 4.78 is 25.3. The Bertz CT molecular complexity index is 894. The van der Waals surface area contributed by atoms with Crippen molar-refractivity contribution in [1.29, 1.82) is 0 Å². The lowest BCUT2D eigenvalue weighted by molar-refractivity contribution is -0.144. The zero-order chi connectivity index (χ0) is 22.8. The standard InChI is InChI=1S/C22H28FN3O5/c1-21(2,3)31-20(29)26-9-7-25(8-10-26)13-15-11-16(23)12-17(24-4)18(15)30-14-22(5-6-22)19(27)28/h11-12H,5-10,13-14H2,1-3H3,(H,27,28). The van der Waals surface area contributed by atoms with Gasteiger partial charge in [0, 0.05) is 38.3 Å². The molecule has 0 spiro atoms. The monoisotopic (exact) mass is 433 g/mol. The number of halogens is 1. The molecular formula is C22H28FN3O5. The molecule has 1 amide bonds. The van der Waals surface area contributed by atoms with Crippen LogP contribution in [-0.4, -0.2) is 65.4 Å². The first-order valence-corrected chi connectivity index (χ1v) is 10.3. The van der Waals surface area contributed by atoms with Crippen molar-refractivity contribution in [3.63, 3.8) is 0 Å². The minimum absolute atomic E-state index is 0.0311. The number of ether oxygens (including phenoxy) is 2. The summed E-state index contributed by atoms with van der Waals surface area (Å²) >= 11 is 0. The molecule has 1 N–H and O–H groups in total. The van der Waals surface area contributed by atoms with E-state index in [-0.39, 0.29) is 24.1 Å². The molecule has 0 radical (unpaired) electrons. The van der Waals surface area contributed by atoms with Gasteiger partial charge in [0.2, 0.25) is 5.69 Å². The van der Waals surface area contributed by atoms with Crippen LogP contribution in [-0.2, 0) is 16.1 Å². The minimum atomic E-state index is -0.918. The van der Waals surface area contributed by atoms with Gasteiger partial charge in [0.25, 0.3) is 0 Å². The maximum Gasteiger partial charge on any atom is 0.410 e. The topological polar surface area (TPSA) is 83.7 Å². The van der Waals surface area contributed by atoms with E-state index in [1.165, 1.54) is 6.07 Å². The molecule has 2 fully saturated rings. The Morgan fingerprint density at radius 2 is 1.87 bits per heavy atom. The van der Waals surface area contributed by atoms with Crippen LogP contribution >= 0.6 is 0 Å². The molecule has 8 nitrogen and oxygen atoms in total. The van der Waals surface area contributed by atoms with E-state index < -0.39 is 22.8 Å². The average molecular weight is 433 g/mol. The van der Waals surface area contributed by atoms with Crippen LogP contribution in [0.4, 0.5) is 14.9 Å². The van der Waals surface area contributed by atoms with Crippen molar-refractivity contribution in [1.82, 2.24) is 9.80 Å². The van der Waals surface area contributed by atoms with Crippen LogP contribution in [0.3, 0.4) is 0 Å². The molecule has 1 heterocycles. The molecule has 0 atom stereocenters. The first kappa shape index (κ1) is 22.8. The molecule has 0 bridgehead atoms. The van der Waals surface area contributed by atoms with E-state index >= 15 is 0 Å². The number of carbonyl (C=O) groups is 2. The molecule has 168 valence electrons. The Morgan fingerprint density at radius 1 is 1.23 bits per heavy atom. The lowest BCUT2D eigenvalue weighted by atomic mass is 10.1. The molecule has 2 aliphatic rings. The zero-order valence-corrected chi connectivity index (χ0v) is 18.1. The van der Waals surface area contributed by atoms with Crippen molar-refractivity contribution >= 4 is 17.7 Å². The number of benzene rings is 1. The van der Waals surface area contributed by atoms with Crippen molar-refractivity contribution in [2.45, 2.75) is 45.8 Å². The number of nitrogens with zero attached hydrogens (tertiary/aromatic N) is 3. The highest BCUT2D eigenvalue weighted by molar-refractivity contribution is 5.78. The van der Waals surface area contributed by atoms with Gasteiger partial charge in [-0.05, 0) is 45.7 Å². The van der Waals surface area contributed by atoms with Gasteiger partial charge in [-0.1, -0.05) is 0 Å². The van der Waals surface area contributed by atoms with E-state index in [0.29, 0.717) is 51.1 Å². The second kappa shape index (κ2) is 8.71. The van der Waals surface area contributed by atoms with E-state index in [4.69, 9.17) is 16.0 Å². The van der Waals surface area contributed by atoms with Crippen LogP contribution in [0.25, 0.3) is 4.85 Å². The van der Waals surface area contributed by atoms with Gasteiger partial charge in [0.15, 0.2) is 0 Å². The molecule has 1 aromatic carbocycles. The SMILES string of the molecule is [C-]#[N+]c1cc(F)cc(CN2CCN(C(=O)OC(C)(C)C)CC2)c1OCC1(C(=O)O)CC1. The second-order valence-electron chi connectivity index (χ2n) is 9.14. The van der Waals surface area contributed by atoms with E-state index in [2.05, 4.69) is 4.85 Å². The second-order valence-corrected chi connectivity index (χ2v) is 9.14. The third-order valence-electron chi connectivity index (χ3n) is 5.45. The zero-order valence-electron chi connectivity index (χ0n) is 18.1. The predicted molar refractivity (Wildman–Crippen MR) is 111 cm³/mol. The molecule has 0 aromatic heterocycles. The highest BCUT2D eigenvalue weighted by Gasteiger charge is 2.51. The Morgan fingerprint density at radius 3 is 2.39 bits per heavy atom. The number of aliphatic carboxylic acids is 1. The largest absolute Gasteiger partial charge is 0.503 e. The molecule has 1 aliphatic carbocycles. The fourth-order valence-electron chi connectivity index (χ4n) is 3.44. The van der Waals surface area contributed by atoms with E-state index in [0.717, 1.165) is 6.07 Å². The van der Waals surface area contributed by atoms with E-state index in [1.54, 1.807) is 4.90 Å². The molecule has 9 heteroatoms. The number of carboxylic acid groups (broad SMARTS) is 1. The van der Waals surface area contributed by atoms with Crippen LogP contribution in [0.5, 0.6) is 5.75 Å². The van der Waals surface area contributed by atoms with Gasteiger partial charge in [0.05, 0.1) is 6.57 Å². The quantitative estimate of drug-likeness (QED) is 0.689. The number of carbonyl (C=O) groups excluding carboxylic acids is 1. The van der Waals surface area contributed by atoms with Gasteiger partial charge >= 0.3 is 12.1 Å².